The van der Waals surface area contributed by atoms with Gasteiger partial charge in [-0.2, -0.15) is 9.78 Å². The van der Waals surface area contributed by atoms with Crippen molar-refractivity contribution < 1.29 is 5.11 Å². The van der Waals surface area contributed by atoms with Crippen molar-refractivity contribution in [1.29, 1.82) is 0 Å². The van der Waals surface area contributed by atoms with Crippen LogP contribution < -0.4 is 5.56 Å². The van der Waals surface area contributed by atoms with E-state index in [0.29, 0.717) is 16.8 Å². The Morgan fingerprint density at radius 3 is 2.52 bits per heavy atom. The Morgan fingerprint density at radius 2 is 1.81 bits per heavy atom. The predicted octanol–water partition coefficient (Wildman–Crippen LogP) is 2.91. The van der Waals surface area contributed by atoms with Gasteiger partial charge >= 0.3 is 0 Å². The Hall–Kier alpha value is -2.88. The maximum Gasteiger partial charge on any atom is 0.272 e. The highest BCUT2D eigenvalue weighted by Gasteiger charge is 2.08. The van der Waals surface area contributed by atoms with E-state index in [2.05, 4.69) is 5.10 Å². The van der Waals surface area contributed by atoms with Gasteiger partial charge in [0, 0.05) is 17.2 Å². The molecule has 0 aliphatic heterocycles. The molecule has 0 bridgehead atoms. The molecule has 1 heterocycles. The number of para-hydroxylation sites is 1. The minimum absolute atomic E-state index is 0.138. The van der Waals surface area contributed by atoms with Crippen LogP contribution >= 0.6 is 0 Å². The van der Waals surface area contributed by atoms with Crippen molar-refractivity contribution >= 4 is 0 Å². The maximum atomic E-state index is 12.2. The molecule has 2 aromatic carbocycles. The van der Waals surface area contributed by atoms with E-state index in [1.165, 1.54) is 10.7 Å². The van der Waals surface area contributed by atoms with E-state index < -0.39 is 0 Å². The fourth-order valence-electron chi connectivity index (χ4n) is 2.20. The number of aromatic nitrogens is 2. The number of hydrogen-bond donors (Lipinski definition) is 1. The summed E-state index contributed by atoms with van der Waals surface area (Å²) in [6.45, 7) is 1.93. The number of hydrogen-bond acceptors (Lipinski definition) is 3. The molecule has 0 aliphatic carbocycles. The third-order valence-electron chi connectivity index (χ3n) is 3.26. The highest BCUT2D eigenvalue weighted by atomic mass is 16.3. The van der Waals surface area contributed by atoms with Crippen LogP contribution in [0.25, 0.3) is 16.8 Å². The number of nitrogens with zero attached hydrogens (tertiary/aromatic N) is 2. The molecule has 0 radical (unpaired) electrons. The second kappa shape index (κ2) is 5.25. The monoisotopic (exact) mass is 278 g/mol. The summed E-state index contributed by atoms with van der Waals surface area (Å²) in [5, 5.41) is 14.1. The number of phenols is 1. The fraction of sp³-hybridized carbons (Fsp3) is 0.0588. The Kier molecular flexibility index (Phi) is 3.28. The first-order chi connectivity index (χ1) is 10.1. The zero-order chi connectivity index (χ0) is 14.8. The number of benzene rings is 2. The first-order valence-corrected chi connectivity index (χ1v) is 6.60. The number of rotatable bonds is 2. The van der Waals surface area contributed by atoms with Crippen LogP contribution in [0.5, 0.6) is 5.75 Å². The summed E-state index contributed by atoms with van der Waals surface area (Å²) in [6.07, 6.45) is 1.59. The lowest BCUT2D eigenvalue weighted by atomic mass is 10.0. The van der Waals surface area contributed by atoms with E-state index in [0.717, 1.165) is 5.56 Å². The van der Waals surface area contributed by atoms with Crippen LogP contribution in [0.1, 0.15) is 5.56 Å². The average molecular weight is 278 g/mol. The van der Waals surface area contributed by atoms with E-state index in [9.17, 15) is 9.90 Å². The van der Waals surface area contributed by atoms with Gasteiger partial charge in [0.2, 0.25) is 0 Å². The Morgan fingerprint density at radius 1 is 1.05 bits per heavy atom. The van der Waals surface area contributed by atoms with E-state index in [-0.39, 0.29) is 11.3 Å². The molecule has 0 saturated heterocycles. The molecule has 0 atom stereocenters. The Labute approximate surface area is 121 Å². The zero-order valence-corrected chi connectivity index (χ0v) is 11.5. The summed E-state index contributed by atoms with van der Waals surface area (Å²) in [7, 11) is 0. The molecular formula is C17H14N2O2. The van der Waals surface area contributed by atoms with E-state index >= 15 is 0 Å². The number of aryl methyl sites for hydroxylation is 1. The van der Waals surface area contributed by atoms with Crippen molar-refractivity contribution in [3.63, 3.8) is 0 Å². The first kappa shape index (κ1) is 13.1. The van der Waals surface area contributed by atoms with Crippen LogP contribution in [0.15, 0.2) is 65.6 Å². The molecule has 3 rings (SSSR count). The summed E-state index contributed by atoms with van der Waals surface area (Å²) >= 11 is 0. The quantitative estimate of drug-likeness (QED) is 0.784. The molecule has 3 aromatic rings. The minimum Gasteiger partial charge on any atom is -0.507 e. The van der Waals surface area contributed by atoms with Crippen LogP contribution in [-0.4, -0.2) is 14.9 Å². The van der Waals surface area contributed by atoms with Gasteiger partial charge in [0.05, 0.1) is 11.9 Å². The molecule has 0 unspecified atom stereocenters. The van der Waals surface area contributed by atoms with Gasteiger partial charge in [-0.1, -0.05) is 29.8 Å². The summed E-state index contributed by atoms with van der Waals surface area (Å²) in [5.41, 5.74) is 2.70. The molecule has 1 N–H and O–H groups in total. The number of aromatic hydroxyl groups is 1. The Balaban J connectivity index is 2.10. The topological polar surface area (TPSA) is 55.1 Å². The van der Waals surface area contributed by atoms with Gasteiger partial charge in [-0.05, 0) is 31.2 Å². The molecule has 0 aliphatic rings. The normalized spacial score (nSPS) is 10.5. The average Bonchev–Trinajstić information content (AvgIpc) is 2.50. The van der Waals surface area contributed by atoms with Crippen LogP contribution in [-0.2, 0) is 0 Å². The van der Waals surface area contributed by atoms with Gasteiger partial charge in [0.15, 0.2) is 0 Å². The fourth-order valence-corrected chi connectivity index (χ4v) is 2.20. The van der Waals surface area contributed by atoms with Crippen molar-refractivity contribution in [3.8, 4) is 22.6 Å². The van der Waals surface area contributed by atoms with E-state index in [4.69, 9.17) is 0 Å². The molecule has 1 aromatic heterocycles. The van der Waals surface area contributed by atoms with Crippen molar-refractivity contribution in [2.75, 3.05) is 0 Å². The lowest BCUT2D eigenvalue weighted by Crippen LogP contribution is -2.19. The second-order valence-electron chi connectivity index (χ2n) is 4.85. The molecule has 0 amide bonds. The third-order valence-corrected chi connectivity index (χ3v) is 3.26. The van der Waals surface area contributed by atoms with Crippen LogP contribution in [0.3, 0.4) is 0 Å². The SMILES string of the molecule is Cc1ccc(O)c(-c2cnn(-c3ccccc3)c(=O)c2)c1. The minimum atomic E-state index is -0.236. The van der Waals surface area contributed by atoms with E-state index in [1.54, 1.807) is 12.3 Å². The lowest BCUT2D eigenvalue weighted by molar-refractivity contribution is 0.477. The van der Waals surface area contributed by atoms with Gasteiger partial charge in [-0.25, -0.2) is 0 Å². The van der Waals surface area contributed by atoms with Crippen molar-refractivity contribution in [3.05, 3.63) is 76.7 Å². The predicted molar refractivity (Wildman–Crippen MR) is 81.7 cm³/mol. The van der Waals surface area contributed by atoms with Crippen molar-refractivity contribution in [2.45, 2.75) is 6.92 Å². The molecule has 104 valence electrons. The lowest BCUT2D eigenvalue weighted by Gasteiger charge is -2.08. The Bertz CT molecular complexity index is 839. The molecule has 0 fully saturated rings. The zero-order valence-electron chi connectivity index (χ0n) is 11.5. The van der Waals surface area contributed by atoms with Crippen LogP contribution in [0.4, 0.5) is 0 Å². The molecule has 0 saturated carbocycles. The van der Waals surface area contributed by atoms with Gasteiger partial charge in [-0.15, -0.1) is 0 Å². The molecular weight excluding hydrogens is 264 g/mol. The molecule has 21 heavy (non-hydrogen) atoms. The maximum absolute atomic E-state index is 12.2. The van der Waals surface area contributed by atoms with Gasteiger partial charge in [0.1, 0.15) is 5.75 Å². The van der Waals surface area contributed by atoms with Gasteiger partial charge in [0.25, 0.3) is 5.56 Å². The first-order valence-electron chi connectivity index (χ1n) is 6.60. The van der Waals surface area contributed by atoms with Crippen LogP contribution in [0.2, 0.25) is 0 Å². The van der Waals surface area contributed by atoms with Crippen LogP contribution in [0, 0.1) is 6.92 Å². The smallest absolute Gasteiger partial charge is 0.272 e. The van der Waals surface area contributed by atoms with Gasteiger partial charge < -0.3 is 5.11 Å². The largest absolute Gasteiger partial charge is 0.507 e. The standard InChI is InChI=1S/C17H14N2O2/c1-12-7-8-16(20)15(9-12)13-10-17(21)19(18-11-13)14-5-3-2-4-6-14/h2-11,20H,1H3. The van der Waals surface area contributed by atoms with E-state index in [1.807, 2.05) is 49.4 Å². The highest BCUT2D eigenvalue weighted by molar-refractivity contribution is 5.69. The summed E-state index contributed by atoms with van der Waals surface area (Å²) in [6, 6.07) is 16.0. The number of phenolic OH excluding ortho intramolecular Hbond substituents is 1. The van der Waals surface area contributed by atoms with Crippen molar-refractivity contribution in [1.82, 2.24) is 9.78 Å². The van der Waals surface area contributed by atoms with Crippen molar-refractivity contribution in [2.24, 2.45) is 0 Å². The second-order valence-corrected chi connectivity index (χ2v) is 4.85. The highest BCUT2D eigenvalue weighted by Crippen LogP contribution is 2.28. The molecule has 0 spiro atoms. The summed E-state index contributed by atoms with van der Waals surface area (Å²) in [4.78, 5) is 12.2. The molecule has 4 heteroatoms. The van der Waals surface area contributed by atoms with Gasteiger partial charge in [-0.3, -0.25) is 4.79 Å². The summed E-state index contributed by atoms with van der Waals surface area (Å²) in [5.74, 6) is 0.138. The molecule has 4 nitrogen and oxygen atoms in total. The summed E-state index contributed by atoms with van der Waals surface area (Å²) < 4.78 is 1.33. The third kappa shape index (κ3) is 2.56.